The minimum atomic E-state index is -1.57. The molecule has 1 aromatic carbocycles. The smallest absolute Gasteiger partial charge is 0.326 e. The highest BCUT2D eigenvalue weighted by atomic mass is 32.2. The quantitative estimate of drug-likeness (QED) is 0.0177. The molecule has 27 nitrogen and oxygen atoms in total. The van der Waals surface area contributed by atoms with E-state index in [1.165, 1.54) is 33.3 Å². The van der Waals surface area contributed by atoms with Crippen molar-refractivity contribution in [1.82, 2.24) is 41.7 Å². The fourth-order valence-electron chi connectivity index (χ4n) is 9.19. The van der Waals surface area contributed by atoms with Gasteiger partial charge in [0.2, 0.25) is 59.1 Å². The maximum absolute atomic E-state index is 14.6. The lowest BCUT2D eigenvalue weighted by molar-refractivity contribution is -0.145. The molecule has 0 spiro atoms. The number of guanidine groups is 1. The molecule has 9 unspecified atom stereocenters. The summed E-state index contributed by atoms with van der Waals surface area (Å²) in [7, 11) is 0. The third-order valence-corrected chi connectivity index (χ3v) is 14.8. The number of primary amides is 2. The first-order chi connectivity index (χ1) is 38.1. The molecular formula is C51H83N15O12S2. The van der Waals surface area contributed by atoms with Crippen LogP contribution >= 0.6 is 23.5 Å². The predicted octanol–water partition coefficient (Wildman–Crippen LogP) is -3.25. The first kappa shape index (κ1) is 67.6. The van der Waals surface area contributed by atoms with E-state index in [4.69, 9.17) is 34.4 Å². The number of aliphatic carboxylic acids is 1. The molecule has 2 aliphatic heterocycles. The Balaban J connectivity index is 1.87. The number of benzene rings is 1. The zero-order valence-electron chi connectivity index (χ0n) is 45.7. The second-order valence-corrected chi connectivity index (χ2v) is 21.7. The lowest BCUT2D eigenvalue weighted by atomic mass is 10.0. The molecule has 2 fully saturated rings. The van der Waals surface area contributed by atoms with Crippen LogP contribution in [0.3, 0.4) is 0 Å². The molecule has 2 heterocycles. The summed E-state index contributed by atoms with van der Waals surface area (Å²) in [6.07, 6.45) is 4.95. The van der Waals surface area contributed by atoms with Crippen molar-refractivity contribution < 1.29 is 57.8 Å². The van der Waals surface area contributed by atoms with E-state index in [9.17, 15) is 57.8 Å². The summed E-state index contributed by atoms with van der Waals surface area (Å²) in [6.45, 7) is 0.699. The number of likely N-dealkylation sites (tertiary alicyclic amines) is 2. The minimum Gasteiger partial charge on any atom is -0.480 e. The highest BCUT2D eigenvalue weighted by Crippen LogP contribution is 2.24. The Bertz CT molecular complexity index is 2300. The van der Waals surface area contributed by atoms with Crippen LogP contribution in [0.15, 0.2) is 35.3 Å². The largest absolute Gasteiger partial charge is 0.480 e. The normalized spacial score (nSPS) is 17.5. The van der Waals surface area contributed by atoms with E-state index in [0.717, 1.165) is 0 Å². The van der Waals surface area contributed by atoms with Crippen LogP contribution < -0.4 is 66.3 Å². The maximum Gasteiger partial charge on any atom is 0.326 e. The molecule has 0 aliphatic carbocycles. The van der Waals surface area contributed by atoms with Crippen LogP contribution in [0.4, 0.5) is 0 Å². The van der Waals surface area contributed by atoms with Gasteiger partial charge < -0.3 is 81.2 Å². The zero-order valence-corrected chi connectivity index (χ0v) is 47.3. The van der Waals surface area contributed by atoms with Gasteiger partial charge in [-0.1, -0.05) is 30.3 Å². The number of thioether (sulfide) groups is 2. The van der Waals surface area contributed by atoms with E-state index in [1.807, 2.05) is 6.26 Å². The third kappa shape index (κ3) is 23.2. The molecule has 3 rings (SSSR count). The molecule has 0 aromatic heterocycles. The number of unbranched alkanes of at least 4 members (excludes halogenated alkanes) is 1. The van der Waals surface area contributed by atoms with Crippen LogP contribution in [0.1, 0.15) is 102 Å². The number of hydrogen-bond acceptors (Lipinski definition) is 16. The van der Waals surface area contributed by atoms with E-state index >= 15 is 0 Å². The van der Waals surface area contributed by atoms with Crippen LogP contribution in [0.5, 0.6) is 0 Å². The van der Waals surface area contributed by atoms with E-state index in [-0.39, 0.29) is 83.5 Å². The van der Waals surface area contributed by atoms with Gasteiger partial charge >= 0.3 is 5.97 Å². The molecule has 19 N–H and O–H groups in total. The third-order valence-electron chi connectivity index (χ3n) is 13.5. The summed E-state index contributed by atoms with van der Waals surface area (Å²) in [5.74, 6) is -8.02. The number of carbonyl (C=O) groups excluding carboxylic acids is 10. The number of carboxylic acids is 1. The van der Waals surface area contributed by atoms with E-state index in [1.54, 1.807) is 36.6 Å². The van der Waals surface area contributed by atoms with Crippen LogP contribution in [0.25, 0.3) is 0 Å². The molecule has 446 valence electrons. The van der Waals surface area contributed by atoms with Crippen molar-refractivity contribution >= 4 is 94.5 Å². The number of carbonyl (C=O) groups is 11. The Morgan fingerprint density at radius 1 is 0.588 bits per heavy atom. The van der Waals surface area contributed by atoms with Gasteiger partial charge in [-0.15, -0.1) is 0 Å². The molecule has 29 heteroatoms. The van der Waals surface area contributed by atoms with Gasteiger partial charge in [-0.25, -0.2) is 4.79 Å². The fraction of sp³-hybridized carbons (Fsp3) is 0.647. The average molecular weight is 1160 g/mol. The van der Waals surface area contributed by atoms with Crippen molar-refractivity contribution in [2.75, 3.05) is 50.2 Å². The maximum atomic E-state index is 14.6. The van der Waals surface area contributed by atoms with E-state index < -0.39 is 132 Å². The van der Waals surface area contributed by atoms with Crippen LogP contribution in [0, 0.1) is 0 Å². The van der Waals surface area contributed by atoms with Crippen molar-refractivity contribution in [2.24, 2.45) is 39.4 Å². The number of nitrogens with zero attached hydrogens (tertiary/aromatic N) is 3. The molecular weight excluding hydrogens is 1080 g/mol. The van der Waals surface area contributed by atoms with Gasteiger partial charge in [-0.05, 0) is 120 Å². The number of hydrogen-bond donors (Lipinski definition) is 13. The number of carboxylic acid groups (broad SMARTS) is 1. The lowest BCUT2D eigenvalue weighted by Crippen LogP contribution is -2.60. The molecule has 0 radical (unpaired) electrons. The molecule has 2 aliphatic rings. The SMILES string of the molecule is CSCCC(N)C(=O)NC(CCCN=C(N)N)C(=O)N1CCCC1C(=O)NC(CCCCN)C(=O)N1CCCC1C(=O)NC(CCC(N)=O)C(=O)NC(CCC(N)=O)C(=O)NC(Cc1ccccc1)C(=O)NC(CCSC)C(=O)O. The molecule has 2 saturated heterocycles. The topological polar surface area (TPSA) is 455 Å². The molecule has 80 heavy (non-hydrogen) atoms. The van der Waals surface area contributed by atoms with Gasteiger partial charge in [0, 0.05) is 38.9 Å². The number of nitrogens with two attached hydrogens (primary N) is 6. The van der Waals surface area contributed by atoms with Crippen molar-refractivity contribution in [1.29, 1.82) is 0 Å². The van der Waals surface area contributed by atoms with Gasteiger partial charge in [0.15, 0.2) is 5.96 Å². The van der Waals surface area contributed by atoms with Gasteiger partial charge in [0.25, 0.3) is 0 Å². The number of nitrogens with one attached hydrogen (secondary N) is 6. The Morgan fingerprint density at radius 2 is 1.05 bits per heavy atom. The van der Waals surface area contributed by atoms with Crippen molar-refractivity contribution in [2.45, 2.75) is 157 Å². The number of aliphatic imine (C=N–C) groups is 1. The number of rotatable bonds is 37. The minimum absolute atomic E-state index is 0.0740. The molecule has 1 aromatic rings. The monoisotopic (exact) mass is 1160 g/mol. The second-order valence-electron chi connectivity index (χ2n) is 19.7. The molecule has 10 amide bonds. The number of amides is 10. The Labute approximate surface area is 474 Å². The molecule has 9 atom stereocenters. The van der Waals surface area contributed by atoms with Crippen molar-refractivity contribution in [3.63, 3.8) is 0 Å². The van der Waals surface area contributed by atoms with Gasteiger partial charge in [-0.2, -0.15) is 23.5 Å². The highest BCUT2D eigenvalue weighted by Gasteiger charge is 2.43. The summed E-state index contributed by atoms with van der Waals surface area (Å²) in [4.78, 5) is 155. The Kier molecular flexibility index (Phi) is 30.2. The average Bonchev–Trinajstić information content (AvgIpc) is 4.15. The predicted molar refractivity (Wildman–Crippen MR) is 302 cm³/mol. The molecule has 0 saturated carbocycles. The summed E-state index contributed by atoms with van der Waals surface area (Å²) in [5, 5.41) is 25.6. The summed E-state index contributed by atoms with van der Waals surface area (Å²) < 4.78 is 0. The summed E-state index contributed by atoms with van der Waals surface area (Å²) in [5.41, 5.74) is 34.4. The fourth-order valence-corrected chi connectivity index (χ4v) is 10.1. The molecule has 0 bridgehead atoms. The summed E-state index contributed by atoms with van der Waals surface area (Å²) in [6, 6.07) is -2.65. The van der Waals surface area contributed by atoms with Gasteiger partial charge in [0.1, 0.15) is 48.3 Å². The van der Waals surface area contributed by atoms with E-state index in [0.29, 0.717) is 55.6 Å². The standard InChI is InChI=1S/C51H83N15O12S2/c1-79-27-21-31(53)42(69)61-35(14-8-24-58-51(56)57)49(76)66-26-10-16-39(66)47(74)62-34(13-6-7-23-52)48(75)65-25-9-15-38(65)46(73)60-33(18-20-41(55)68)43(70)59-32(17-19-40(54)67)44(71)64-37(29-30-11-4-3-5-12-30)45(72)63-36(50(77)78)22-28-80-2/h3-5,11-12,31-39H,6-10,13-29,52-53H2,1-2H3,(H2,54,67)(H2,55,68)(H,59,70)(H,60,73)(H,61,69)(H,62,74)(H,63,72)(H,64,71)(H,77,78)(H4,56,57,58). The van der Waals surface area contributed by atoms with Gasteiger partial charge in [0.05, 0.1) is 6.04 Å². The zero-order chi connectivity index (χ0) is 59.3. The first-order valence-electron chi connectivity index (χ1n) is 26.9. The van der Waals surface area contributed by atoms with Crippen molar-refractivity contribution in [3.05, 3.63) is 35.9 Å². The Morgan fingerprint density at radius 3 is 1.56 bits per heavy atom. The van der Waals surface area contributed by atoms with Crippen LogP contribution in [-0.2, 0) is 59.2 Å². The lowest BCUT2D eigenvalue weighted by Gasteiger charge is -2.32. The summed E-state index contributed by atoms with van der Waals surface area (Å²) >= 11 is 2.88. The first-order valence-corrected chi connectivity index (χ1v) is 29.7. The second kappa shape index (κ2) is 35.8. The van der Waals surface area contributed by atoms with E-state index in [2.05, 4.69) is 36.9 Å². The van der Waals surface area contributed by atoms with Crippen molar-refractivity contribution in [3.8, 4) is 0 Å². The van der Waals surface area contributed by atoms with Crippen LogP contribution in [0.2, 0.25) is 0 Å². The highest BCUT2D eigenvalue weighted by molar-refractivity contribution is 7.98. The Hall–Kier alpha value is -6.72. The van der Waals surface area contributed by atoms with Gasteiger partial charge in [-0.3, -0.25) is 52.9 Å². The van der Waals surface area contributed by atoms with Crippen LogP contribution in [-0.4, -0.2) is 190 Å².